The molecule has 0 N–H and O–H groups in total. The Balaban J connectivity index is 1.43. The summed E-state index contributed by atoms with van der Waals surface area (Å²) in [5.41, 5.74) is 0.704. The fraction of sp³-hybridized carbons (Fsp3) is 0.750. The van der Waals surface area contributed by atoms with Gasteiger partial charge in [0.05, 0.1) is 19.5 Å². The van der Waals surface area contributed by atoms with Crippen LogP contribution in [-0.4, -0.2) is 79.0 Å². The van der Waals surface area contributed by atoms with E-state index in [0.717, 1.165) is 30.9 Å². The predicted molar refractivity (Wildman–Crippen MR) is 161 cm³/mol. The van der Waals surface area contributed by atoms with Crippen molar-refractivity contribution in [2.75, 3.05) is 33.2 Å². The lowest BCUT2D eigenvalue weighted by Crippen LogP contribution is -2.55. The van der Waals surface area contributed by atoms with Gasteiger partial charge in [0, 0.05) is 12.1 Å². The first kappa shape index (κ1) is 29.5. The van der Waals surface area contributed by atoms with Crippen molar-refractivity contribution in [2.24, 2.45) is 16.8 Å². The van der Waals surface area contributed by atoms with Crippen LogP contribution in [0.5, 0.6) is 0 Å². The molecule has 3 atom stereocenters. The van der Waals surface area contributed by atoms with E-state index < -0.39 is 5.54 Å². The van der Waals surface area contributed by atoms with Gasteiger partial charge in [-0.25, -0.2) is 4.79 Å². The molecule has 0 bridgehead atoms. The molecule has 212 valence electrons. The number of methoxy groups -OCH3 is 1. The Morgan fingerprint density at radius 1 is 1.11 bits per heavy atom. The number of hydrogen-bond acceptors (Lipinski definition) is 6. The molecule has 1 heterocycles. The Kier molecular flexibility index (Phi) is 11.0. The molecular formula is C32H51N3O2S. The number of benzene rings is 1. The van der Waals surface area contributed by atoms with Crippen molar-refractivity contribution >= 4 is 24.1 Å². The van der Waals surface area contributed by atoms with Crippen LogP contribution in [0.15, 0.2) is 35.3 Å². The molecule has 3 unspecified atom stereocenters. The van der Waals surface area contributed by atoms with E-state index in [1.807, 2.05) is 0 Å². The molecule has 5 nitrogen and oxygen atoms in total. The maximum Gasteiger partial charge on any atom is 0.336 e. The van der Waals surface area contributed by atoms with Gasteiger partial charge in [0.1, 0.15) is 0 Å². The largest absolute Gasteiger partial charge is 0.467 e. The number of nitrogens with zero attached hydrogens (tertiary/aromatic N) is 3. The van der Waals surface area contributed by atoms with Gasteiger partial charge in [-0.1, -0.05) is 62.4 Å². The second-order valence-electron chi connectivity index (χ2n) is 12.2. The van der Waals surface area contributed by atoms with E-state index in [1.54, 1.807) is 18.9 Å². The summed E-state index contributed by atoms with van der Waals surface area (Å²) in [4.78, 5) is 23.3. The lowest BCUT2D eigenvalue weighted by Gasteiger charge is -2.43. The highest BCUT2D eigenvalue weighted by atomic mass is 32.2. The first-order valence-corrected chi connectivity index (χ1v) is 16.5. The molecular weight excluding hydrogens is 490 g/mol. The monoisotopic (exact) mass is 541 g/mol. The van der Waals surface area contributed by atoms with Crippen molar-refractivity contribution in [2.45, 2.75) is 107 Å². The number of carbonyl (C=O) groups excluding carboxylic acids is 1. The number of hydrogen-bond donors (Lipinski definition) is 0. The zero-order valence-electron chi connectivity index (χ0n) is 24.3. The number of carbonyl (C=O) groups is 1. The Bertz CT molecular complexity index is 880. The van der Waals surface area contributed by atoms with Crippen molar-refractivity contribution in [1.29, 1.82) is 0 Å². The Labute approximate surface area is 236 Å². The molecule has 1 aromatic rings. The summed E-state index contributed by atoms with van der Waals surface area (Å²) in [5, 5.41) is 0. The second kappa shape index (κ2) is 14.2. The summed E-state index contributed by atoms with van der Waals surface area (Å²) in [5.74, 6) is 2.20. The van der Waals surface area contributed by atoms with E-state index >= 15 is 0 Å². The standard InChI is InChI=1S/C32H51N3O2S/c1-34(2)29(20-17-25-11-7-5-8-12-25)27-18-15-26(16-19-27)23-30-32(21-22-38-4,31(36)37-3)33-24-35(30)28-13-9-6-10-14-28/h5,7-8,11-12,24,26-30H,6,9-10,13-23H2,1-4H3. The van der Waals surface area contributed by atoms with Gasteiger partial charge < -0.3 is 14.5 Å². The zero-order chi connectivity index (χ0) is 27.0. The highest BCUT2D eigenvalue weighted by molar-refractivity contribution is 7.98. The first-order chi connectivity index (χ1) is 18.5. The minimum Gasteiger partial charge on any atom is -0.467 e. The average Bonchev–Trinajstić information content (AvgIpc) is 3.32. The van der Waals surface area contributed by atoms with Gasteiger partial charge in [-0.3, -0.25) is 4.99 Å². The molecule has 1 aromatic carbocycles. The van der Waals surface area contributed by atoms with Crippen LogP contribution in [0, 0.1) is 11.8 Å². The molecule has 38 heavy (non-hydrogen) atoms. The fourth-order valence-corrected chi connectivity index (χ4v) is 8.10. The molecule has 4 rings (SSSR count). The van der Waals surface area contributed by atoms with Crippen LogP contribution >= 0.6 is 11.8 Å². The molecule has 1 aliphatic heterocycles. The van der Waals surface area contributed by atoms with Gasteiger partial charge in [-0.15, -0.1) is 0 Å². The van der Waals surface area contributed by atoms with Gasteiger partial charge in [-0.05, 0) is 94.9 Å². The fourth-order valence-electron chi connectivity index (χ4n) is 7.58. The summed E-state index contributed by atoms with van der Waals surface area (Å²) in [6, 6.07) is 12.2. The molecule has 0 radical (unpaired) electrons. The second-order valence-corrected chi connectivity index (χ2v) is 13.2. The molecule has 0 spiro atoms. The number of ether oxygens (including phenoxy) is 1. The van der Waals surface area contributed by atoms with Crippen LogP contribution in [0.2, 0.25) is 0 Å². The van der Waals surface area contributed by atoms with Crippen molar-refractivity contribution in [3.05, 3.63) is 35.9 Å². The van der Waals surface area contributed by atoms with Gasteiger partial charge in [0.25, 0.3) is 0 Å². The number of thioether (sulfide) groups is 1. The topological polar surface area (TPSA) is 45.1 Å². The lowest BCUT2D eigenvalue weighted by atomic mass is 9.72. The molecule has 0 aromatic heterocycles. The van der Waals surface area contributed by atoms with E-state index in [-0.39, 0.29) is 12.0 Å². The third-order valence-corrected chi connectivity index (χ3v) is 10.4. The van der Waals surface area contributed by atoms with E-state index in [2.05, 4.69) is 66.8 Å². The van der Waals surface area contributed by atoms with Crippen LogP contribution in [0.25, 0.3) is 0 Å². The molecule has 2 aliphatic carbocycles. The highest BCUT2D eigenvalue weighted by Gasteiger charge is 2.53. The number of aryl methyl sites for hydroxylation is 1. The molecule has 2 fully saturated rings. The molecule has 2 saturated carbocycles. The van der Waals surface area contributed by atoms with E-state index in [9.17, 15) is 4.79 Å². The molecule has 6 heteroatoms. The van der Waals surface area contributed by atoms with Gasteiger partial charge in [-0.2, -0.15) is 11.8 Å². The SMILES string of the molecule is COC(=O)C1(CCSC)N=CN(C2CCCCC2)C1CC1CCC(C(CCc2ccccc2)N(C)C)CC1. The van der Waals surface area contributed by atoms with Crippen molar-refractivity contribution in [3.63, 3.8) is 0 Å². The van der Waals surface area contributed by atoms with Crippen LogP contribution < -0.4 is 0 Å². The normalized spacial score (nSPS) is 29.1. The van der Waals surface area contributed by atoms with Crippen LogP contribution in [0.4, 0.5) is 0 Å². The summed E-state index contributed by atoms with van der Waals surface area (Å²) in [6.07, 6.45) is 19.8. The predicted octanol–water partition coefficient (Wildman–Crippen LogP) is 6.46. The maximum atomic E-state index is 13.4. The van der Waals surface area contributed by atoms with Gasteiger partial charge in [0.15, 0.2) is 5.54 Å². The summed E-state index contributed by atoms with van der Waals surface area (Å²) in [6.45, 7) is 0. The van der Waals surface area contributed by atoms with E-state index in [1.165, 1.54) is 69.8 Å². The highest BCUT2D eigenvalue weighted by Crippen LogP contribution is 2.43. The average molecular weight is 542 g/mol. The number of esters is 1. The van der Waals surface area contributed by atoms with Gasteiger partial charge in [0.2, 0.25) is 0 Å². The minimum absolute atomic E-state index is 0.131. The van der Waals surface area contributed by atoms with Crippen molar-refractivity contribution < 1.29 is 9.53 Å². The van der Waals surface area contributed by atoms with E-state index in [0.29, 0.717) is 18.0 Å². The Morgan fingerprint density at radius 3 is 2.45 bits per heavy atom. The van der Waals surface area contributed by atoms with Crippen LogP contribution in [0.1, 0.15) is 82.6 Å². The quantitative estimate of drug-likeness (QED) is 0.284. The Morgan fingerprint density at radius 2 is 1.82 bits per heavy atom. The van der Waals surface area contributed by atoms with E-state index in [4.69, 9.17) is 9.73 Å². The van der Waals surface area contributed by atoms with Gasteiger partial charge >= 0.3 is 5.97 Å². The number of aliphatic imine (C=N–C) groups is 1. The zero-order valence-corrected chi connectivity index (χ0v) is 25.1. The molecule has 3 aliphatic rings. The van der Waals surface area contributed by atoms with Crippen LogP contribution in [-0.2, 0) is 16.0 Å². The smallest absolute Gasteiger partial charge is 0.336 e. The lowest BCUT2D eigenvalue weighted by molar-refractivity contribution is -0.149. The third-order valence-electron chi connectivity index (χ3n) is 9.78. The Hall–Kier alpha value is -1.53. The molecule has 0 amide bonds. The van der Waals surface area contributed by atoms with Crippen LogP contribution in [0.3, 0.4) is 0 Å². The number of rotatable bonds is 12. The van der Waals surface area contributed by atoms with Crippen molar-refractivity contribution in [1.82, 2.24) is 9.80 Å². The summed E-state index contributed by atoms with van der Waals surface area (Å²) >= 11 is 1.80. The summed E-state index contributed by atoms with van der Waals surface area (Å²) < 4.78 is 5.43. The minimum atomic E-state index is -0.742. The third kappa shape index (κ3) is 6.96. The van der Waals surface area contributed by atoms with Crippen molar-refractivity contribution in [3.8, 4) is 0 Å². The molecule has 0 saturated heterocycles. The maximum absolute atomic E-state index is 13.4. The first-order valence-electron chi connectivity index (χ1n) is 15.1. The summed E-state index contributed by atoms with van der Waals surface area (Å²) in [7, 11) is 6.06.